The minimum Gasteiger partial charge on any atom is -0.508 e. The van der Waals surface area contributed by atoms with Gasteiger partial charge >= 0.3 is 0 Å². The van der Waals surface area contributed by atoms with Crippen LogP contribution in [0.2, 0.25) is 0 Å². The number of hydrogen-bond acceptors (Lipinski definition) is 5. The first-order valence-electron chi connectivity index (χ1n) is 7.67. The van der Waals surface area contributed by atoms with Crippen molar-refractivity contribution in [1.29, 1.82) is 0 Å². The van der Waals surface area contributed by atoms with E-state index >= 15 is 0 Å². The first-order valence-corrected chi connectivity index (χ1v) is 10.6. The predicted octanol–water partition coefficient (Wildman–Crippen LogP) is 3.37. The van der Waals surface area contributed by atoms with Gasteiger partial charge in [0.15, 0.2) is 0 Å². The van der Waals surface area contributed by atoms with E-state index in [-0.39, 0.29) is 25.3 Å². The van der Waals surface area contributed by atoms with Gasteiger partial charge in [-0.25, -0.2) is 16.8 Å². The number of rotatable bonds is 4. The minimum absolute atomic E-state index is 0.0276. The third-order valence-electron chi connectivity index (χ3n) is 3.90. The van der Waals surface area contributed by atoms with Crippen LogP contribution in [0.1, 0.15) is 5.56 Å². The van der Waals surface area contributed by atoms with Crippen LogP contribution in [0.4, 0.5) is 0 Å². The summed E-state index contributed by atoms with van der Waals surface area (Å²) < 4.78 is 51.0. The molecule has 0 radical (unpaired) electrons. The molecule has 3 aromatic carbocycles. The third-order valence-corrected chi connectivity index (χ3v) is 7.44. The Balaban J connectivity index is 2.08. The molecule has 0 aliphatic heterocycles. The Morgan fingerprint density at radius 3 is 1.50 bits per heavy atom. The van der Waals surface area contributed by atoms with E-state index in [0.717, 1.165) is 11.6 Å². The van der Waals surface area contributed by atoms with Crippen molar-refractivity contribution in [2.75, 3.05) is 0 Å². The number of phenolic OH excluding ortho intramolecular Hbond substituents is 1. The molecule has 0 amide bonds. The smallest absolute Gasteiger partial charge is 0.206 e. The summed E-state index contributed by atoms with van der Waals surface area (Å²) in [5.74, 6) is -0.0559. The summed E-state index contributed by atoms with van der Waals surface area (Å²) in [6.45, 7) is 1.85. The van der Waals surface area contributed by atoms with E-state index in [1.807, 2.05) is 6.92 Å². The van der Waals surface area contributed by atoms with Crippen LogP contribution in [0.25, 0.3) is 0 Å². The first-order chi connectivity index (χ1) is 12.2. The van der Waals surface area contributed by atoms with Crippen molar-refractivity contribution in [1.82, 2.24) is 0 Å². The molecule has 0 fully saturated rings. The number of hydrogen-bond donors (Lipinski definition) is 1. The largest absolute Gasteiger partial charge is 0.508 e. The number of phenols is 1. The Morgan fingerprint density at radius 1 is 0.615 bits per heavy atom. The Hall–Kier alpha value is -2.64. The highest BCUT2D eigenvalue weighted by molar-refractivity contribution is 7.92. The molecular formula is C19H16O5S2. The molecule has 0 atom stereocenters. The molecule has 1 N–H and O–H groups in total. The summed E-state index contributed by atoms with van der Waals surface area (Å²) in [7, 11) is -7.73. The number of sulfone groups is 2. The Kier molecular flexibility index (Phi) is 4.60. The molecule has 3 aromatic rings. The van der Waals surface area contributed by atoms with Crippen molar-refractivity contribution in [3.8, 4) is 5.75 Å². The molecule has 0 saturated heterocycles. The molecule has 0 aliphatic rings. The van der Waals surface area contributed by atoms with Gasteiger partial charge in [0.05, 0.1) is 19.6 Å². The summed E-state index contributed by atoms with van der Waals surface area (Å²) in [5, 5.41) is 9.32. The van der Waals surface area contributed by atoms with Crippen molar-refractivity contribution >= 4 is 19.7 Å². The van der Waals surface area contributed by atoms with E-state index in [9.17, 15) is 21.9 Å². The molecule has 0 bridgehead atoms. The molecule has 26 heavy (non-hydrogen) atoms. The Bertz CT molecular complexity index is 1050. The van der Waals surface area contributed by atoms with Crippen LogP contribution in [-0.4, -0.2) is 21.9 Å². The van der Waals surface area contributed by atoms with Crippen molar-refractivity contribution in [2.45, 2.75) is 26.5 Å². The van der Waals surface area contributed by atoms with E-state index in [1.54, 1.807) is 12.1 Å². The zero-order chi connectivity index (χ0) is 18.9. The fraction of sp³-hybridized carbons (Fsp3) is 0.0526. The highest BCUT2D eigenvalue weighted by Crippen LogP contribution is 2.27. The lowest BCUT2D eigenvalue weighted by atomic mass is 10.2. The Labute approximate surface area is 152 Å². The lowest BCUT2D eigenvalue weighted by molar-refractivity contribution is 0.475. The summed E-state index contributed by atoms with van der Waals surface area (Å²) in [6.07, 6.45) is 0. The summed E-state index contributed by atoms with van der Waals surface area (Å²) >= 11 is 0. The quantitative estimate of drug-likeness (QED) is 0.740. The second-order valence-corrected chi connectivity index (χ2v) is 9.69. The highest BCUT2D eigenvalue weighted by atomic mass is 32.2. The molecule has 134 valence electrons. The van der Waals surface area contributed by atoms with Gasteiger partial charge in [0.2, 0.25) is 19.7 Å². The molecule has 7 heteroatoms. The highest BCUT2D eigenvalue weighted by Gasteiger charge is 2.22. The van der Waals surface area contributed by atoms with Gasteiger partial charge in [-0.1, -0.05) is 23.8 Å². The summed E-state index contributed by atoms with van der Waals surface area (Å²) in [6, 6.07) is 16.7. The molecule has 3 rings (SSSR count). The molecule has 0 unspecified atom stereocenters. The fourth-order valence-corrected chi connectivity index (χ4v) is 5.11. The van der Waals surface area contributed by atoms with Crippen LogP contribution in [0.3, 0.4) is 0 Å². The monoisotopic (exact) mass is 388 g/mol. The van der Waals surface area contributed by atoms with Gasteiger partial charge < -0.3 is 5.11 Å². The van der Waals surface area contributed by atoms with Gasteiger partial charge in [-0.05, 0) is 61.5 Å². The fourth-order valence-electron chi connectivity index (χ4n) is 2.42. The van der Waals surface area contributed by atoms with Crippen molar-refractivity contribution in [2.24, 2.45) is 0 Å². The molecule has 0 heterocycles. The molecule has 0 aromatic heterocycles. The second kappa shape index (κ2) is 6.59. The van der Waals surface area contributed by atoms with E-state index in [1.165, 1.54) is 54.6 Å². The molecule has 0 aliphatic carbocycles. The number of aryl methyl sites for hydroxylation is 1. The van der Waals surface area contributed by atoms with Gasteiger partial charge in [0.25, 0.3) is 0 Å². The van der Waals surface area contributed by atoms with Crippen LogP contribution in [0.5, 0.6) is 5.75 Å². The van der Waals surface area contributed by atoms with Gasteiger partial charge in [-0.15, -0.1) is 0 Å². The predicted molar refractivity (Wildman–Crippen MR) is 96.6 cm³/mol. The average molecular weight is 388 g/mol. The maximum Gasteiger partial charge on any atom is 0.206 e. The first kappa shape index (κ1) is 18.2. The zero-order valence-electron chi connectivity index (χ0n) is 13.8. The van der Waals surface area contributed by atoms with Crippen LogP contribution in [0.15, 0.2) is 92.4 Å². The SMILES string of the molecule is Cc1ccc(S(=O)(=O)c2cccc(S(=O)(=O)c3ccc(O)cc3)c2)cc1. The van der Waals surface area contributed by atoms with E-state index < -0.39 is 19.7 Å². The van der Waals surface area contributed by atoms with Gasteiger partial charge in [0.1, 0.15) is 5.75 Å². The van der Waals surface area contributed by atoms with Gasteiger partial charge in [-0.3, -0.25) is 0 Å². The van der Waals surface area contributed by atoms with Crippen LogP contribution >= 0.6 is 0 Å². The third kappa shape index (κ3) is 3.36. The number of aromatic hydroxyl groups is 1. The normalized spacial score (nSPS) is 12.0. The van der Waals surface area contributed by atoms with Crippen LogP contribution < -0.4 is 0 Å². The zero-order valence-corrected chi connectivity index (χ0v) is 15.5. The maximum atomic E-state index is 12.8. The number of benzene rings is 3. The molecule has 0 spiro atoms. The average Bonchev–Trinajstić information content (AvgIpc) is 2.62. The molecule has 5 nitrogen and oxygen atoms in total. The molecular weight excluding hydrogens is 372 g/mol. The summed E-state index contributed by atoms with van der Waals surface area (Å²) in [5.41, 5.74) is 0.924. The van der Waals surface area contributed by atoms with E-state index in [2.05, 4.69) is 0 Å². The van der Waals surface area contributed by atoms with Gasteiger partial charge in [0, 0.05) is 0 Å². The standard InChI is InChI=1S/C19H16O5S2/c1-14-5-9-16(10-6-14)25(21,22)18-3-2-4-19(13-18)26(23,24)17-11-7-15(20)8-12-17/h2-13,20H,1H3. The van der Waals surface area contributed by atoms with E-state index in [4.69, 9.17) is 0 Å². The molecule has 0 saturated carbocycles. The van der Waals surface area contributed by atoms with Gasteiger partial charge in [-0.2, -0.15) is 0 Å². The van der Waals surface area contributed by atoms with Crippen molar-refractivity contribution in [3.63, 3.8) is 0 Å². The second-order valence-electron chi connectivity index (χ2n) is 5.79. The minimum atomic E-state index is -3.90. The summed E-state index contributed by atoms with van der Waals surface area (Å²) in [4.78, 5) is -0.153. The lowest BCUT2D eigenvalue weighted by Crippen LogP contribution is -2.06. The lowest BCUT2D eigenvalue weighted by Gasteiger charge is -2.09. The maximum absolute atomic E-state index is 12.8. The van der Waals surface area contributed by atoms with Crippen LogP contribution in [-0.2, 0) is 19.7 Å². The topological polar surface area (TPSA) is 88.5 Å². The Morgan fingerprint density at radius 2 is 1.04 bits per heavy atom. The van der Waals surface area contributed by atoms with Crippen molar-refractivity contribution < 1.29 is 21.9 Å². The van der Waals surface area contributed by atoms with Crippen molar-refractivity contribution in [3.05, 3.63) is 78.4 Å². The van der Waals surface area contributed by atoms with E-state index in [0.29, 0.717) is 0 Å². The van der Waals surface area contributed by atoms with Crippen LogP contribution in [0, 0.1) is 6.92 Å².